The molecule has 0 radical (unpaired) electrons. The Balaban J connectivity index is 1.38. The highest BCUT2D eigenvalue weighted by atomic mass is 16.6. The molecule has 0 aliphatic carbocycles. The third-order valence-corrected chi connectivity index (χ3v) is 5.54. The van der Waals surface area contributed by atoms with Gasteiger partial charge in [0, 0.05) is 50.9 Å². The molecule has 2 aliphatic rings. The van der Waals surface area contributed by atoms with Crippen LogP contribution in [0.1, 0.15) is 0 Å². The maximum Gasteiger partial charge on any atom is 0.213 e. The van der Waals surface area contributed by atoms with Gasteiger partial charge in [-0.25, -0.2) is 9.61 Å². The van der Waals surface area contributed by atoms with E-state index < -0.39 is 0 Å². The molecule has 0 amide bonds. The van der Waals surface area contributed by atoms with Gasteiger partial charge in [-0.2, -0.15) is 0 Å². The molecule has 2 aliphatic heterocycles. The molecule has 146 valence electrons. The van der Waals surface area contributed by atoms with Gasteiger partial charge in [0.15, 0.2) is 5.52 Å². The van der Waals surface area contributed by atoms with E-state index in [1.807, 2.05) is 18.2 Å². The molecule has 8 nitrogen and oxygen atoms in total. The highest BCUT2D eigenvalue weighted by Gasteiger charge is 2.31. The summed E-state index contributed by atoms with van der Waals surface area (Å²) in [6.45, 7) is 6.92. The molecule has 0 spiro atoms. The highest BCUT2D eigenvalue weighted by Crippen LogP contribution is 2.35. The molecule has 1 aromatic carbocycles. The van der Waals surface area contributed by atoms with Crippen LogP contribution in [0.15, 0.2) is 35.1 Å². The number of methoxy groups -OCH3 is 1. The lowest BCUT2D eigenvalue weighted by atomic mass is 9.96. The van der Waals surface area contributed by atoms with E-state index in [1.54, 1.807) is 13.3 Å². The van der Waals surface area contributed by atoms with Crippen LogP contribution in [0.4, 0.5) is 5.69 Å². The maximum atomic E-state index is 5.44. The normalized spacial score (nSPS) is 18.4. The van der Waals surface area contributed by atoms with E-state index in [1.165, 1.54) is 0 Å². The molecule has 3 aromatic rings. The summed E-state index contributed by atoms with van der Waals surface area (Å²) >= 11 is 0. The first-order valence-electron chi connectivity index (χ1n) is 9.62. The highest BCUT2D eigenvalue weighted by molar-refractivity contribution is 5.93. The average Bonchev–Trinajstić information content (AvgIpc) is 3.19. The number of fused-ring (bicyclic) bond motifs is 1. The van der Waals surface area contributed by atoms with Gasteiger partial charge in [-0.15, -0.1) is 0 Å². The third-order valence-electron chi connectivity index (χ3n) is 5.54. The largest absolute Gasteiger partial charge is 0.481 e. The van der Waals surface area contributed by atoms with E-state index in [2.05, 4.69) is 31.2 Å². The first-order chi connectivity index (χ1) is 13.8. The molecule has 0 N–H and O–H groups in total. The number of hydrogen-bond acceptors (Lipinski definition) is 8. The summed E-state index contributed by atoms with van der Waals surface area (Å²) in [7, 11) is 1.62. The number of anilines is 1. The lowest BCUT2D eigenvalue weighted by Gasteiger charge is -2.43. The first-order valence-corrected chi connectivity index (χ1v) is 9.62. The summed E-state index contributed by atoms with van der Waals surface area (Å²) in [4.78, 5) is 9.05. The number of pyridine rings is 1. The van der Waals surface area contributed by atoms with E-state index in [9.17, 15) is 0 Å². The van der Waals surface area contributed by atoms with Crippen molar-refractivity contribution in [2.24, 2.45) is 5.92 Å². The van der Waals surface area contributed by atoms with Gasteiger partial charge in [0.2, 0.25) is 5.88 Å². The van der Waals surface area contributed by atoms with E-state index in [4.69, 9.17) is 14.1 Å². The number of benzene rings is 1. The SMILES string of the molecule is COc1cc(-c2cc(N3CC(CN4CCOCC4)C3)c3nonc3c2)ccn1. The molecule has 2 aromatic heterocycles. The maximum absolute atomic E-state index is 5.44. The van der Waals surface area contributed by atoms with Gasteiger partial charge < -0.3 is 14.4 Å². The van der Waals surface area contributed by atoms with E-state index >= 15 is 0 Å². The third kappa shape index (κ3) is 3.29. The van der Waals surface area contributed by atoms with E-state index in [0.717, 1.165) is 73.8 Å². The van der Waals surface area contributed by atoms with Crippen LogP contribution < -0.4 is 9.64 Å². The van der Waals surface area contributed by atoms with Crippen LogP contribution in [-0.4, -0.2) is 73.2 Å². The number of aromatic nitrogens is 3. The Labute approximate surface area is 163 Å². The Morgan fingerprint density at radius 2 is 1.96 bits per heavy atom. The lowest BCUT2D eigenvalue weighted by molar-refractivity contribution is 0.0286. The van der Waals surface area contributed by atoms with Crippen LogP contribution in [0.3, 0.4) is 0 Å². The van der Waals surface area contributed by atoms with Crippen LogP contribution >= 0.6 is 0 Å². The van der Waals surface area contributed by atoms with Crippen molar-refractivity contribution in [2.75, 3.05) is 57.9 Å². The van der Waals surface area contributed by atoms with Crippen LogP contribution in [-0.2, 0) is 4.74 Å². The summed E-state index contributed by atoms with van der Waals surface area (Å²) in [5, 5.41) is 8.22. The monoisotopic (exact) mass is 381 g/mol. The Morgan fingerprint density at radius 3 is 2.79 bits per heavy atom. The second-order valence-corrected chi connectivity index (χ2v) is 7.40. The fourth-order valence-corrected chi connectivity index (χ4v) is 4.01. The summed E-state index contributed by atoms with van der Waals surface area (Å²) < 4.78 is 15.7. The van der Waals surface area contributed by atoms with Gasteiger partial charge in [0.05, 0.1) is 26.0 Å². The van der Waals surface area contributed by atoms with E-state index in [-0.39, 0.29) is 0 Å². The van der Waals surface area contributed by atoms with Gasteiger partial charge in [-0.1, -0.05) is 0 Å². The number of nitrogens with zero attached hydrogens (tertiary/aromatic N) is 5. The predicted molar refractivity (Wildman–Crippen MR) is 105 cm³/mol. The van der Waals surface area contributed by atoms with Gasteiger partial charge in [0.25, 0.3) is 0 Å². The van der Waals surface area contributed by atoms with Crippen LogP contribution in [0.5, 0.6) is 5.88 Å². The number of morpholine rings is 1. The Bertz CT molecular complexity index is 963. The molecule has 2 saturated heterocycles. The van der Waals surface area contributed by atoms with E-state index in [0.29, 0.717) is 11.8 Å². The van der Waals surface area contributed by atoms with Crippen LogP contribution in [0.2, 0.25) is 0 Å². The topological polar surface area (TPSA) is 76.8 Å². The van der Waals surface area contributed by atoms with Crippen molar-refractivity contribution in [2.45, 2.75) is 0 Å². The Hall–Kier alpha value is -2.71. The van der Waals surface area contributed by atoms with Gasteiger partial charge in [0.1, 0.15) is 5.52 Å². The molecule has 0 unspecified atom stereocenters. The van der Waals surface area contributed by atoms with Crippen molar-refractivity contribution in [3.05, 3.63) is 30.5 Å². The lowest BCUT2D eigenvalue weighted by Crippen LogP contribution is -2.53. The minimum Gasteiger partial charge on any atom is -0.481 e. The number of hydrogen-bond donors (Lipinski definition) is 0. The predicted octanol–water partition coefficient (Wildman–Crippen LogP) is 2.06. The fourth-order valence-electron chi connectivity index (χ4n) is 4.01. The molecule has 0 bridgehead atoms. The van der Waals surface area contributed by atoms with Crippen molar-refractivity contribution >= 4 is 16.7 Å². The summed E-state index contributed by atoms with van der Waals surface area (Å²) in [6, 6.07) is 8.05. The van der Waals surface area contributed by atoms with Crippen LogP contribution in [0, 0.1) is 5.92 Å². The molecule has 2 fully saturated rings. The molecular weight excluding hydrogens is 358 g/mol. The average molecular weight is 381 g/mol. The van der Waals surface area contributed by atoms with Crippen molar-refractivity contribution in [1.82, 2.24) is 20.2 Å². The standard InChI is InChI=1S/C20H23N5O3/c1-26-19-10-15(2-3-21-19)16-8-17-20(23-28-22-17)18(9-16)25-12-14(13-25)11-24-4-6-27-7-5-24/h2-3,8-10,14H,4-7,11-13H2,1H3. The smallest absolute Gasteiger partial charge is 0.213 e. The quantitative estimate of drug-likeness (QED) is 0.665. The Kier molecular flexibility index (Phi) is 4.58. The molecule has 4 heterocycles. The number of rotatable bonds is 5. The van der Waals surface area contributed by atoms with Crippen molar-refractivity contribution in [1.29, 1.82) is 0 Å². The summed E-state index contributed by atoms with van der Waals surface area (Å²) in [6.07, 6.45) is 1.75. The zero-order chi connectivity index (χ0) is 18.9. The van der Waals surface area contributed by atoms with Crippen LogP contribution in [0.25, 0.3) is 22.2 Å². The second kappa shape index (κ2) is 7.37. The summed E-state index contributed by atoms with van der Waals surface area (Å²) in [5.74, 6) is 1.25. The van der Waals surface area contributed by atoms with Gasteiger partial charge >= 0.3 is 0 Å². The van der Waals surface area contributed by atoms with Crippen molar-refractivity contribution < 1.29 is 14.1 Å². The molecular formula is C20H23N5O3. The van der Waals surface area contributed by atoms with Crippen molar-refractivity contribution in [3.8, 4) is 17.0 Å². The molecule has 0 saturated carbocycles. The zero-order valence-corrected chi connectivity index (χ0v) is 15.9. The first kappa shape index (κ1) is 17.4. The molecule has 28 heavy (non-hydrogen) atoms. The van der Waals surface area contributed by atoms with Gasteiger partial charge in [-0.3, -0.25) is 4.90 Å². The summed E-state index contributed by atoms with van der Waals surface area (Å²) in [5.41, 5.74) is 4.73. The second-order valence-electron chi connectivity index (χ2n) is 7.40. The van der Waals surface area contributed by atoms with Gasteiger partial charge in [-0.05, 0) is 39.6 Å². The molecule has 0 atom stereocenters. The fraction of sp³-hybridized carbons (Fsp3) is 0.450. The Morgan fingerprint density at radius 1 is 1.11 bits per heavy atom. The van der Waals surface area contributed by atoms with Crippen molar-refractivity contribution in [3.63, 3.8) is 0 Å². The number of ether oxygens (including phenoxy) is 2. The molecule has 8 heteroatoms. The molecule has 5 rings (SSSR count). The minimum atomic E-state index is 0.590. The zero-order valence-electron chi connectivity index (χ0n) is 15.9. The minimum absolute atomic E-state index is 0.590.